The number of carbonyl (C=O) groups excluding carboxylic acids is 1. The van der Waals surface area contributed by atoms with Crippen molar-refractivity contribution in [3.63, 3.8) is 0 Å². The van der Waals surface area contributed by atoms with Gasteiger partial charge in [0, 0.05) is 60.1 Å². The van der Waals surface area contributed by atoms with Crippen molar-refractivity contribution in [1.82, 2.24) is 19.2 Å². The molecule has 158 valence electrons. The van der Waals surface area contributed by atoms with E-state index >= 15 is 0 Å². The summed E-state index contributed by atoms with van der Waals surface area (Å²) >= 11 is 12.2. The minimum Gasteiger partial charge on any atom is -0.356 e. The van der Waals surface area contributed by atoms with Crippen LogP contribution < -0.4 is 5.32 Å². The third kappa shape index (κ3) is 5.94. The Morgan fingerprint density at radius 1 is 1.21 bits per heavy atom. The zero-order valence-corrected chi connectivity index (χ0v) is 18.3. The molecule has 1 aromatic heterocycles. The molecule has 1 fully saturated rings. The monoisotopic (exact) mass is 458 g/mol. The van der Waals surface area contributed by atoms with Crippen molar-refractivity contribution in [2.45, 2.75) is 31.6 Å². The molecule has 1 saturated heterocycles. The third-order valence-electron chi connectivity index (χ3n) is 5.06. The first kappa shape index (κ1) is 22.1. The number of halogens is 2. The van der Waals surface area contributed by atoms with Crippen LogP contribution in [0.5, 0.6) is 0 Å². The zero-order valence-electron chi connectivity index (χ0n) is 15.9. The second kappa shape index (κ2) is 9.93. The fourth-order valence-corrected chi connectivity index (χ4v) is 5.69. The number of hydrogen-bond acceptors (Lipinski definition) is 4. The number of aryl methyl sites for hydroxylation is 1. The number of aromatic nitrogens is 2. The van der Waals surface area contributed by atoms with E-state index in [2.05, 4.69) is 10.3 Å². The Balaban J connectivity index is 1.46. The van der Waals surface area contributed by atoms with E-state index in [9.17, 15) is 13.2 Å². The van der Waals surface area contributed by atoms with Gasteiger partial charge in [-0.15, -0.1) is 0 Å². The highest BCUT2D eigenvalue weighted by atomic mass is 35.5. The van der Waals surface area contributed by atoms with E-state index in [1.54, 1.807) is 30.7 Å². The van der Waals surface area contributed by atoms with Crippen molar-refractivity contribution in [3.05, 3.63) is 52.5 Å². The highest BCUT2D eigenvalue weighted by molar-refractivity contribution is 7.88. The molecule has 0 radical (unpaired) electrons. The number of hydrogen-bond donors (Lipinski definition) is 1. The summed E-state index contributed by atoms with van der Waals surface area (Å²) in [6.07, 6.45) is 7.17. The highest BCUT2D eigenvalue weighted by Gasteiger charge is 2.31. The number of imidazole rings is 1. The minimum atomic E-state index is -3.55. The van der Waals surface area contributed by atoms with Crippen LogP contribution in [0.25, 0.3) is 0 Å². The van der Waals surface area contributed by atoms with Gasteiger partial charge in [0.15, 0.2) is 0 Å². The van der Waals surface area contributed by atoms with Crippen LogP contribution in [0.1, 0.15) is 24.8 Å². The van der Waals surface area contributed by atoms with Gasteiger partial charge in [-0.05, 0) is 31.4 Å². The largest absolute Gasteiger partial charge is 0.356 e. The van der Waals surface area contributed by atoms with Gasteiger partial charge in [-0.1, -0.05) is 29.3 Å². The number of amides is 1. The molecule has 0 bridgehead atoms. The van der Waals surface area contributed by atoms with Gasteiger partial charge in [-0.25, -0.2) is 17.7 Å². The Hall–Kier alpha value is -1.61. The standard InChI is InChI=1S/C19H24Cl2N4O3S/c20-17-3-1-4-18(21)16(17)13-29(27,28)25-10-5-15(6-11-25)19(26)23-7-2-9-24-12-8-22-14-24/h1,3-4,8,12,14-15H,2,5-7,9-11,13H2,(H,23,26). The van der Waals surface area contributed by atoms with E-state index in [-0.39, 0.29) is 17.6 Å². The molecule has 0 saturated carbocycles. The molecule has 29 heavy (non-hydrogen) atoms. The predicted octanol–water partition coefficient (Wildman–Crippen LogP) is 2.94. The molecule has 0 atom stereocenters. The molecule has 0 aliphatic carbocycles. The van der Waals surface area contributed by atoms with Crippen LogP contribution in [0, 0.1) is 5.92 Å². The molecular weight excluding hydrogens is 435 g/mol. The molecule has 3 rings (SSSR count). The van der Waals surface area contributed by atoms with E-state index in [0.29, 0.717) is 48.1 Å². The summed E-state index contributed by atoms with van der Waals surface area (Å²) in [4.78, 5) is 16.3. The van der Waals surface area contributed by atoms with Crippen molar-refractivity contribution in [2.75, 3.05) is 19.6 Å². The lowest BCUT2D eigenvalue weighted by molar-refractivity contribution is -0.126. The average molecular weight is 459 g/mol. The smallest absolute Gasteiger partial charge is 0.223 e. The number of nitrogens with zero attached hydrogens (tertiary/aromatic N) is 3. The summed E-state index contributed by atoms with van der Waals surface area (Å²) < 4.78 is 28.9. The molecule has 7 nitrogen and oxygen atoms in total. The van der Waals surface area contributed by atoms with Gasteiger partial charge in [-0.2, -0.15) is 0 Å². The topological polar surface area (TPSA) is 84.3 Å². The first-order chi connectivity index (χ1) is 13.9. The number of rotatable bonds is 8. The Morgan fingerprint density at radius 2 is 1.90 bits per heavy atom. The summed E-state index contributed by atoms with van der Waals surface area (Å²) in [5.41, 5.74) is 0.411. The van der Waals surface area contributed by atoms with Crippen LogP contribution in [0.4, 0.5) is 0 Å². The maximum Gasteiger partial charge on any atom is 0.223 e. The molecule has 2 aromatic rings. The highest BCUT2D eigenvalue weighted by Crippen LogP contribution is 2.28. The van der Waals surface area contributed by atoms with Crippen LogP contribution >= 0.6 is 23.2 Å². The maximum absolute atomic E-state index is 12.8. The molecule has 1 aromatic carbocycles. The Kier molecular flexibility index (Phi) is 7.56. The Labute approximate surface area is 181 Å². The number of carbonyl (C=O) groups is 1. The summed E-state index contributed by atoms with van der Waals surface area (Å²) in [5, 5.41) is 3.63. The van der Waals surface area contributed by atoms with E-state index < -0.39 is 10.0 Å². The minimum absolute atomic E-state index is 0.0122. The Bertz CT molecular complexity index is 907. The quantitative estimate of drug-likeness (QED) is 0.616. The molecule has 1 amide bonds. The lowest BCUT2D eigenvalue weighted by Crippen LogP contribution is -2.43. The number of piperidine rings is 1. The van der Waals surface area contributed by atoms with Crippen LogP contribution in [0.3, 0.4) is 0 Å². The van der Waals surface area contributed by atoms with Gasteiger partial charge in [0.25, 0.3) is 0 Å². The number of sulfonamides is 1. The predicted molar refractivity (Wildman–Crippen MR) is 113 cm³/mol. The van der Waals surface area contributed by atoms with Crippen LogP contribution in [0.15, 0.2) is 36.9 Å². The summed E-state index contributed by atoms with van der Waals surface area (Å²) in [7, 11) is -3.55. The summed E-state index contributed by atoms with van der Waals surface area (Å²) in [6, 6.07) is 4.93. The molecule has 1 aliphatic rings. The molecule has 0 spiro atoms. The summed E-state index contributed by atoms with van der Waals surface area (Å²) in [5.74, 6) is -0.420. The van der Waals surface area contributed by atoms with Gasteiger partial charge >= 0.3 is 0 Å². The van der Waals surface area contributed by atoms with Crippen molar-refractivity contribution in [2.24, 2.45) is 5.92 Å². The van der Waals surface area contributed by atoms with Gasteiger partial charge in [0.05, 0.1) is 12.1 Å². The van der Waals surface area contributed by atoms with E-state index in [1.807, 2.05) is 10.8 Å². The normalized spacial score (nSPS) is 16.1. The van der Waals surface area contributed by atoms with Gasteiger partial charge in [-0.3, -0.25) is 4.79 Å². The van der Waals surface area contributed by atoms with Gasteiger partial charge < -0.3 is 9.88 Å². The lowest BCUT2D eigenvalue weighted by Gasteiger charge is -2.30. The number of nitrogens with one attached hydrogen (secondary N) is 1. The van der Waals surface area contributed by atoms with Crippen molar-refractivity contribution >= 4 is 39.1 Å². The van der Waals surface area contributed by atoms with E-state index in [1.165, 1.54) is 4.31 Å². The molecule has 0 unspecified atom stereocenters. The fourth-order valence-electron chi connectivity index (χ4n) is 3.38. The fraction of sp³-hybridized carbons (Fsp3) is 0.474. The molecular formula is C19H24Cl2N4O3S. The first-order valence-corrected chi connectivity index (χ1v) is 11.9. The first-order valence-electron chi connectivity index (χ1n) is 9.51. The molecule has 1 N–H and O–H groups in total. The van der Waals surface area contributed by atoms with Crippen molar-refractivity contribution in [3.8, 4) is 0 Å². The van der Waals surface area contributed by atoms with Gasteiger partial charge in [0.2, 0.25) is 15.9 Å². The summed E-state index contributed by atoms with van der Waals surface area (Å²) in [6.45, 7) is 2.01. The molecule has 2 heterocycles. The van der Waals surface area contributed by atoms with Crippen LogP contribution in [-0.4, -0.2) is 47.8 Å². The van der Waals surface area contributed by atoms with Crippen molar-refractivity contribution in [1.29, 1.82) is 0 Å². The van der Waals surface area contributed by atoms with Gasteiger partial charge in [0.1, 0.15) is 0 Å². The lowest BCUT2D eigenvalue weighted by atomic mass is 9.97. The van der Waals surface area contributed by atoms with E-state index in [4.69, 9.17) is 23.2 Å². The van der Waals surface area contributed by atoms with Crippen LogP contribution in [0.2, 0.25) is 10.0 Å². The van der Waals surface area contributed by atoms with Crippen LogP contribution in [-0.2, 0) is 27.1 Å². The average Bonchev–Trinajstić information content (AvgIpc) is 3.22. The van der Waals surface area contributed by atoms with E-state index in [0.717, 1.165) is 13.0 Å². The third-order valence-corrected chi connectivity index (χ3v) is 7.57. The molecule has 10 heteroatoms. The molecule has 1 aliphatic heterocycles. The second-order valence-corrected chi connectivity index (χ2v) is 9.86. The zero-order chi connectivity index (χ0) is 20.9. The number of benzene rings is 1. The second-order valence-electron chi connectivity index (χ2n) is 7.07. The van der Waals surface area contributed by atoms with Crippen molar-refractivity contribution < 1.29 is 13.2 Å². The Morgan fingerprint density at radius 3 is 2.52 bits per heavy atom. The SMILES string of the molecule is O=C(NCCCn1ccnc1)C1CCN(S(=O)(=O)Cc2c(Cl)cccc2Cl)CC1. The maximum atomic E-state index is 12.8.